The van der Waals surface area contributed by atoms with Gasteiger partial charge in [0.15, 0.2) is 6.61 Å². The van der Waals surface area contributed by atoms with Crippen LogP contribution in [-0.4, -0.2) is 31.3 Å². The largest absolute Gasteiger partial charge is 0.494 e. The van der Waals surface area contributed by atoms with Crippen LogP contribution in [0.3, 0.4) is 0 Å². The molecule has 0 unspecified atom stereocenters. The fraction of sp³-hybridized carbons (Fsp3) is 0.160. The van der Waals surface area contributed by atoms with Crippen molar-refractivity contribution >= 4 is 34.0 Å². The molecule has 170 valence electrons. The molecule has 3 rings (SSSR count). The Hall–Kier alpha value is -3.65. The van der Waals surface area contributed by atoms with Gasteiger partial charge in [-0.2, -0.15) is 5.10 Å². The number of halogens is 1. The topological polar surface area (TPSA) is 86.2 Å². The van der Waals surface area contributed by atoms with Gasteiger partial charge in [0.25, 0.3) is 5.91 Å². The summed E-state index contributed by atoms with van der Waals surface area (Å²) in [5.41, 5.74) is 4.38. The summed E-state index contributed by atoms with van der Waals surface area (Å²) < 4.78 is 17.1. The molecular formula is C25H23BrN2O5. The fourth-order valence-corrected chi connectivity index (χ4v) is 3.09. The van der Waals surface area contributed by atoms with E-state index in [-0.39, 0.29) is 6.61 Å². The van der Waals surface area contributed by atoms with Crippen molar-refractivity contribution in [1.29, 1.82) is 0 Å². The lowest BCUT2D eigenvalue weighted by Crippen LogP contribution is -2.24. The summed E-state index contributed by atoms with van der Waals surface area (Å²) in [5, 5.41) is 3.95. The Morgan fingerprint density at radius 1 is 0.970 bits per heavy atom. The first kappa shape index (κ1) is 24.0. The number of aryl methyl sites for hydroxylation is 1. The number of hydrogen-bond donors (Lipinski definition) is 1. The Bertz CT molecular complexity index is 1130. The van der Waals surface area contributed by atoms with Crippen LogP contribution in [0.5, 0.6) is 17.2 Å². The maximum atomic E-state index is 12.5. The standard InChI is InChI=1S/C25H23BrN2O5/c1-3-31-21-11-6-18(7-12-21)25(30)33-23-13-8-20(26)14-19(23)15-27-28-24(29)16-32-22-9-4-17(2)5-10-22/h4-15H,3,16H2,1-2H3,(H,28,29). The third-order valence-electron chi connectivity index (χ3n) is 4.36. The molecule has 0 aliphatic rings. The van der Waals surface area contributed by atoms with Gasteiger partial charge in [-0.1, -0.05) is 33.6 Å². The van der Waals surface area contributed by atoms with E-state index in [1.807, 2.05) is 26.0 Å². The zero-order chi connectivity index (χ0) is 23.6. The number of rotatable bonds is 9. The van der Waals surface area contributed by atoms with E-state index < -0.39 is 11.9 Å². The molecule has 0 fully saturated rings. The first-order chi connectivity index (χ1) is 15.9. The molecule has 0 aliphatic heterocycles. The molecule has 3 aromatic rings. The lowest BCUT2D eigenvalue weighted by atomic mass is 10.2. The second kappa shape index (κ2) is 11.8. The molecule has 3 aromatic carbocycles. The van der Waals surface area contributed by atoms with Crippen molar-refractivity contribution in [2.45, 2.75) is 13.8 Å². The maximum absolute atomic E-state index is 12.5. The number of carbonyl (C=O) groups is 2. The quantitative estimate of drug-likeness (QED) is 0.191. The normalized spacial score (nSPS) is 10.6. The van der Waals surface area contributed by atoms with Crippen LogP contribution >= 0.6 is 15.9 Å². The van der Waals surface area contributed by atoms with Crippen molar-refractivity contribution in [2.75, 3.05) is 13.2 Å². The van der Waals surface area contributed by atoms with Crippen molar-refractivity contribution in [3.8, 4) is 17.2 Å². The van der Waals surface area contributed by atoms with Crippen molar-refractivity contribution in [2.24, 2.45) is 5.10 Å². The molecule has 0 aromatic heterocycles. The molecule has 1 amide bonds. The van der Waals surface area contributed by atoms with Gasteiger partial charge in [0.05, 0.1) is 18.4 Å². The van der Waals surface area contributed by atoms with Crippen molar-refractivity contribution in [3.05, 3.63) is 87.9 Å². The summed E-state index contributed by atoms with van der Waals surface area (Å²) in [6.07, 6.45) is 1.40. The monoisotopic (exact) mass is 510 g/mol. The summed E-state index contributed by atoms with van der Waals surface area (Å²) in [4.78, 5) is 24.5. The Morgan fingerprint density at radius 3 is 2.33 bits per heavy atom. The molecule has 0 radical (unpaired) electrons. The van der Waals surface area contributed by atoms with Gasteiger partial charge < -0.3 is 14.2 Å². The molecule has 33 heavy (non-hydrogen) atoms. The lowest BCUT2D eigenvalue weighted by Gasteiger charge is -2.09. The molecule has 7 nitrogen and oxygen atoms in total. The van der Waals surface area contributed by atoms with Gasteiger partial charge in [0.2, 0.25) is 0 Å². The number of nitrogens with one attached hydrogen (secondary N) is 1. The van der Waals surface area contributed by atoms with E-state index in [0.717, 1.165) is 10.0 Å². The maximum Gasteiger partial charge on any atom is 0.343 e. The van der Waals surface area contributed by atoms with Crippen LogP contribution in [0.15, 0.2) is 76.3 Å². The number of esters is 1. The highest BCUT2D eigenvalue weighted by molar-refractivity contribution is 9.10. The molecule has 0 aliphatic carbocycles. The average molecular weight is 511 g/mol. The van der Waals surface area contributed by atoms with Gasteiger partial charge in [-0.15, -0.1) is 0 Å². The van der Waals surface area contributed by atoms with E-state index in [1.54, 1.807) is 54.6 Å². The van der Waals surface area contributed by atoms with Crippen molar-refractivity contribution in [3.63, 3.8) is 0 Å². The highest BCUT2D eigenvalue weighted by Crippen LogP contribution is 2.23. The predicted molar refractivity (Wildman–Crippen MR) is 129 cm³/mol. The van der Waals surface area contributed by atoms with Crippen LogP contribution in [0.2, 0.25) is 0 Å². The van der Waals surface area contributed by atoms with Crippen molar-refractivity contribution < 1.29 is 23.8 Å². The lowest BCUT2D eigenvalue weighted by molar-refractivity contribution is -0.123. The number of carbonyl (C=O) groups excluding carboxylic acids is 2. The number of amides is 1. The fourth-order valence-electron chi connectivity index (χ4n) is 2.72. The Labute approximate surface area is 200 Å². The van der Waals surface area contributed by atoms with Crippen LogP contribution in [0.25, 0.3) is 0 Å². The Balaban J connectivity index is 1.60. The number of hydrazone groups is 1. The van der Waals surface area contributed by atoms with E-state index in [9.17, 15) is 9.59 Å². The first-order valence-electron chi connectivity index (χ1n) is 10.2. The summed E-state index contributed by atoms with van der Waals surface area (Å²) >= 11 is 3.38. The van der Waals surface area contributed by atoms with E-state index >= 15 is 0 Å². The number of ether oxygens (including phenoxy) is 3. The van der Waals surface area contributed by atoms with E-state index in [0.29, 0.717) is 35.0 Å². The number of benzene rings is 3. The third-order valence-corrected chi connectivity index (χ3v) is 4.85. The molecule has 8 heteroatoms. The average Bonchev–Trinajstić information content (AvgIpc) is 2.81. The smallest absolute Gasteiger partial charge is 0.343 e. The number of nitrogens with zero attached hydrogens (tertiary/aromatic N) is 1. The molecule has 0 saturated heterocycles. The van der Waals surface area contributed by atoms with Crippen LogP contribution in [-0.2, 0) is 4.79 Å². The van der Waals surface area contributed by atoms with Gasteiger partial charge in [0, 0.05) is 10.0 Å². The summed E-state index contributed by atoms with van der Waals surface area (Å²) in [6, 6.07) is 19.2. The zero-order valence-corrected chi connectivity index (χ0v) is 19.8. The van der Waals surface area contributed by atoms with Crippen LogP contribution < -0.4 is 19.6 Å². The van der Waals surface area contributed by atoms with Gasteiger partial charge >= 0.3 is 5.97 Å². The molecule has 1 N–H and O–H groups in total. The summed E-state index contributed by atoms with van der Waals surface area (Å²) in [6.45, 7) is 4.22. The second-order valence-corrected chi connectivity index (χ2v) is 7.84. The molecule has 0 atom stereocenters. The SMILES string of the molecule is CCOc1ccc(C(=O)Oc2ccc(Br)cc2C=NNC(=O)COc2ccc(C)cc2)cc1. The van der Waals surface area contributed by atoms with Crippen LogP contribution in [0.1, 0.15) is 28.4 Å². The molecule has 0 heterocycles. The van der Waals surface area contributed by atoms with E-state index in [2.05, 4.69) is 26.5 Å². The zero-order valence-electron chi connectivity index (χ0n) is 18.2. The van der Waals surface area contributed by atoms with Gasteiger partial charge in [-0.25, -0.2) is 10.2 Å². The van der Waals surface area contributed by atoms with Gasteiger partial charge in [-0.05, 0) is 68.4 Å². The minimum Gasteiger partial charge on any atom is -0.494 e. The van der Waals surface area contributed by atoms with E-state index in [1.165, 1.54) is 6.21 Å². The second-order valence-electron chi connectivity index (χ2n) is 6.92. The summed E-state index contributed by atoms with van der Waals surface area (Å²) in [5.74, 6) is 0.620. The van der Waals surface area contributed by atoms with Gasteiger partial charge in [0.1, 0.15) is 17.2 Å². The third kappa shape index (κ3) is 7.47. The van der Waals surface area contributed by atoms with E-state index in [4.69, 9.17) is 14.2 Å². The van der Waals surface area contributed by atoms with Gasteiger partial charge in [-0.3, -0.25) is 4.79 Å². The van der Waals surface area contributed by atoms with Crippen molar-refractivity contribution in [1.82, 2.24) is 5.43 Å². The highest BCUT2D eigenvalue weighted by atomic mass is 79.9. The predicted octanol–water partition coefficient (Wildman–Crippen LogP) is 4.90. The Kier molecular flexibility index (Phi) is 8.60. The number of hydrogen-bond acceptors (Lipinski definition) is 6. The minimum atomic E-state index is -0.523. The highest BCUT2D eigenvalue weighted by Gasteiger charge is 2.12. The van der Waals surface area contributed by atoms with Crippen LogP contribution in [0, 0.1) is 6.92 Å². The molecule has 0 spiro atoms. The molecule has 0 bridgehead atoms. The molecule has 0 saturated carbocycles. The summed E-state index contributed by atoms with van der Waals surface area (Å²) in [7, 11) is 0. The molecular weight excluding hydrogens is 488 g/mol. The first-order valence-corrected chi connectivity index (χ1v) is 11.0. The van der Waals surface area contributed by atoms with Crippen LogP contribution in [0.4, 0.5) is 0 Å². The minimum absolute atomic E-state index is 0.182. The Morgan fingerprint density at radius 2 is 1.64 bits per heavy atom.